The molecule has 0 saturated heterocycles. The molecule has 0 bridgehead atoms. The van der Waals surface area contributed by atoms with E-state index in [1.807, 2.05) is 12.1 Å². The number of carbonyl (C=O) groups excluding carboxylic acids is 1. The Bertz CT molecular complexity index is 1330. The van der Waals surface area contributed by atoms with Gasteiger partial charge in [-0.05, 0) is 69.0 Å². The molecule has 0 aliphatic heterocycles. The Morgan fingerprint density at radius 3 is 2.43 bits per heavy atom. The second-order valence-electron chi connectivity index (χ2n) is 9.50. The summed E-state index contributed by atoms with van der Waals surface area (Å²) in [4.78, 5) is 20.7. The molecule has 0 radical (unpaired) electrons. The first kappa shape index (κ1) is 24.3. The molecule has 2 heterocycles. The minimum atomic E-state index is -4.61. The highest BCUT2D eigenvalue weighted by molar-refractivity contribution is 5.87. The Morgan fingerprint density at radius 1 is 1.14 bits per heavy atom. The van der Waals surface area contributed by atoms with Crippen LogP contribution in [0.4, 0.5) is 23.8 Å². The van der Waals surface area contributed by atoms with Gasteiger partial charge in [0.1, 0.15) is 17.2 Å². The molecule has 0 atom stereocenters. The summed E-state index contributed by atoms with van der Waals surface area (Å²) < 4.78 is 46.6. The Morgan fingerprint density at radius 2 is 1.86 bits per heavy atom. The number of aromatic nitrogens is 3. The number of benzene rings is 1. The molecule has 1 aliphatic rings. The molecule has 0 unspecified atom stereocenters. The molecule has 4 rings (SSSR count). The van der Waals surface area contributed by atoms with E-state index in [9.17, 15) is 23.2 Å². The molecule has 2 aromatic heterocycles. The number of pyridine rings is 1. The van der Waals surface area contributed by atoms with Crippen LogP contribution in [-0.2, 0) is 18.0 Å². The van der Waals surface area contributed by atoms with Gasteiger partial charge in [-0.1, -0.05) is 6.07 Å². The third-order valence-corrected chi connectivity index (χ3v) is 5.34. The van der Waals surface area contributed by atoms with Crippen LogP contribution in [0, 0.1) is 11.3 Å². The standard InChI is InChI=1S/C25H24F3N5O2/c1-24(2,3)35-23(34)32-21-11-16(10-19(30-21)15-6-7-15)17-8-5-14(12-29)9-18(17)22-31-20(13-33(22)4)25(26,27)28/h5,8-11,13,15H,6-7H2,1-4H3,(H,30,32,34). The quantitative estimate of drug-likeness (QED) is 0.473. The molecule has 1 aliphatic carbocycles. The van der Waals surface area contributed by atoms with Gasteiger partial charge in [0.25, 0.3) is 0 Å². The first-order chi connectivity index (χ1) is 16.3. The predicted octanol–water partition coefficient (Wildman–Crippen LogP) is 6.26. The van der Waals surface area contributed by atoms with Crippen LogP contribution in [0.3, 0.4) is 0 Å². The number of rotatable bonds is 4. The lowest BCUT2D eigenvalue weighted by Crippen LogP contribution is -2.27. The summed E-state index contributed by atoms with van der Waals surface area (Å²) in [6.45, 7) is 5.24. The summed E-state index contributed by atoms with van der Waals surface area (Å²) in [5.41, 5.74) is 0.869. The van der Waals surface area contributed by atoms with Crippen molar-refractivity contribution >= 4 is 11.9 Å². The lowest BCUT2D eigenvalue weighted by Gasteiger charge is -2.20. The number of imidazole rings is 1. The van der Waals surface area contributed by atoms with Crippen LogP contribution in [0.15, 0.2) is 36.5 Å². The second kappa shape index (κ2) is 8.73. The molecule has 10 heteroatoms. The fourth-order valence-electron chi connectivity index (χ4n) is 3.67. The Kier molecular flexibility index (Phi) is 6.05. The highest BCUT2D eigenvalue weighted by Crippen LogP contribution is 2.42. The predicted molar refractivity (Wildman–Crippen MR) is 123 cm³/mol. The maximum Gasteiger partial charge on any atom is 0.434 e. The van der Waals surface area contributed by atoms with Gasteiger partial charge in [0.05, 0.1) is 11.6 Å². The van der Waals surface area contributed by atoms with E-state index in [4.69, 9.17) is 4.74 Å². The normalized spacial score (nSPS) is 13.9. The highest BCUT2D eigenvalue weighted by Gasteiger charge is 2.35. The summed E-state index contributed by atoms with van der Waals surface area (Å²) in [5, 5.41) is 12.1. The Labute approximate surface area is 200 Å². The molecule has 35 heavy (non-hydrogen) atoms. The van der Waals surface area contributed by atoms with Gasteiger partial charge in [-0.3, -0.25) is 5.32 Å². The van der Waals surface area contributed by atoms with Crippen LogP contribution in [-0.4, -0.2) is 26.2 Å². The summed E-state index contributed by atoms with van der Waals surface area (Å²) in [6.07, 6.45) is -2.45. The second-order valence-corrected chi connectivity index (χ2v) is 9.50. The molecule has 1 N–H and O–H groups in total. The third-order valence-electron chi connectivity index (χ3n) is 5.34. The van der Waals surface area contributed by atoms with Gasteiger partial charge in [-0.25, -0.2) is 14.8 Å². The monoisotopic (exact) mass is 483 g/mol. The largest absolute Gasteiger partial charge is 0.444 e. The number of anilines is 1. The number of ether oxygens (including phenoxy) is 1. The van der Waals surface area contributed by atoms with Crippen molar-refractivity contribution in [2.75, 3.05) is 5.32 Å². The van der Waals surface area contributed by atoms with Crippen molar-refractivity contribution in [3.63, 3.8) is 0 Å². The van der Waals surface area contributed by atoms with E-state index in [0.29, 0.717) is 16.7 Å². The fraction of sp³-hybridized carbons (Fsp3) is 0.360. The number of amides is 1. The first-order valence-corrected chi connectivity index (χ1v) is 11.0. The number of nitrogens with one attached hydrogen (secondary N) is 1. The zero-order chi connectivity index (χ0) is 25.5. The van der Waals surface area contributed by atoms with E-state index in [1.54, 1.807) is 39.0 Å². The van der Waals surface area contributed by atoms with E-state index in [1.165, 1.54) is 17.7 Å². The third kappa shape index (κ3) is 5.62. The molecule has 0 spiro atoms. The van der Waals surface area contributed by atoms with Crippen molar-refractivity contribution in [1.82, 2.24) is 14.5 Å². The number of carbonyl (C=O) groups is 1. The van der Waals surface area contributed by atoms with Gasteiger partial charge < -0.3 is 9.30 Å². The number of alkyl halides is 3. The first-order valence-electron chi connectivity index (χ1n) is 11.0. The molecule has 182 valence electrons. The zero-order valence-electron chi connectivity index (χ0n) is 19.7. The van der Waals surface area contributed by atoms with Gasteiger partial charge in [-0.15, -0.1) is 0 Å². The number of hydrogen-bond acceptors (Lipinski definition) is 5. The Hall–Kier alpha value is -3.87. The van der Waals surface area contributed by atoms with Crippen molar-refractivity contribution in [1.29, 1.82) is 5.26 Å². The van der Waals surface area contributed by atoms with E-state index in [-0.39, 0.29) is 23.1 Å². The van der Waals surface area contributed by atoms with Crippen molar-refractivity contribution in [3.05, 3.63) is 53.5 Å². The lowest BCUT2D eigenvalue weighted by atomic mass is 9.96. The van der Waals surface area contributed by atoms with E-state index < -0.39 is 23.6 Å². The van der Waals surface area contributed by atoms with Crippen LogP contribution >= 0.6 is 0 Å². The van der Waals surface area contributed by atoms with Crippen LogP contribution in [0.2, 0.25) is 0 Å². The average Bonchev–Trinajstić information content (AvgIpc) is 3.52. The van der Waals surface area contributed by atoms with Gasteiger partial charge in [0, 0.05) is 30.4 Å². The smallest absolute Gasteiger partial charge is 0.434 e. The highest BCUT2D eigenvalue weighted by atomic mass is 19.4. The summed E-state index contributed by atoms with van der Waals surface area (Å²) >= 11 is 0. The van der Waals surface area contributed by atoms with Crippen LogP contribution in [0.1, 0.15) is 56.5 Å². The van der Waals surface area contributed by atoms with Gasteiger partial charge in [-0.2, -0.15) is 18.4 Å². The van der Waals surface area contributed by atoms with Gasteiger partial charge >= 0.3 is 12.3 Å². The zero-order valence-corrected chi connectivity index (χ0v) is 19.7. The summed E-state index contributed by atoms with van der Waals surface area (Å²) in [5.74, 6) is 0.571. The summed E-state index contributed by atoms with van der Waals surface area (Å²) in [7, 11) is 1.47. The maximum absolute atomic E-state index is 13.3. The molecule has 1 fully saturated rings. The molecule has 1 aromatic carbocycles. The number of halogens is 3. The van der Waals surface area contributed by atoms with E-state index in [2.05, 4.69) is 15.3 Å². The number of nitrogens with zero attached hydrogens (tertiary/aromatic N) is 4. The molecule has 3 aromatic rings. The average molecular weight is 483 g/mol. The van der Waals surface area contributed by atoms with Crippen molar-refractivity contribution in [3.8, 4) is 28.6 Å². The molecular weight excluding hydrogens is 459 g/mol. The van der Waals surface area contributed by atoms with Crippen molar-refractivity contribution in [2.45, 2.75) is 51.3 Å². The molecular formula is C25H24F3N5O2. The maximum atomic E-state index is 13.3. The Balaban J connectivity index is 1.83. The topological polar surface area (TPSA) is 92.8 Å². The molecule has 1 saturated carbocycles. The number of aryl methyl sites for hydroxylation is 1. The molecule has 1 amide bonds. The van der Waals surface area contributed by atoms with Crippen LogP contribution < -0.4 is 5.32 Å². The number of nitriles is 1. The SMILES string of the molecule is Cn1cc(C(F)(F)F)nc1-c1cc(C#N)ccc1-c1cc(NC(=O)OC(C)(C)C)nc(C2CC2)c1. The van der Waals surface area contributed by atoms with Crippen molar-refractivity contribution < 1.29 is 22.7 Å². The van der Waals surface area contributed by atoms with Crippen molar-refractivity contribution in [2.24, 2.45) is 7.05 Å². The van der Waals surface area contributed by atoms with E-state index in [0.717, 1.165) is 24.7 Å². The van der Waals surface area contributed by atoms with Gasteiger partial charge in [0.2, 0.25) is 0 Å². The minimum Gasteiger partial charge on any atom is -0.444 e. The number of hydrogen-bond donors (Lipinski definition) is 1. The van der Waals surface area contributed by atoms with E-state index >= 15 is 0 Å². The fourth-order valence-corrected chi connectivity index (χ4v) is 3.67. The lowest BCUT2D eigenvalue weighted by molar-refractivity contribution is -0.140. The summed E-state index contributed by atoms with van der Waals surface area (Å²) in [6, 6.07) is 10.3. The van der Waals surface area contributed by atoms with Gasteiger partial charge in [0.15, 0.2) is 5.69 Å². The van der Waals surface area contributed by atoms with Crippen LogP contribution in [0.5, 0.6) is 0 Å². The van der Waals surface area contributed by atoms with Crippen LogP contribution in [0.25, 0.3) is 22.5 Å². The molecule has 7 nitrogen and oxygen atoms in total. The minimum absolute atomic E-state index is 0.0656.